The minimum atomic E-state index is -1.20. The normalized spacial score (nSPS) is 51.6. The number of allylic oxidation sites excluding steroid dienone is 8. The van der Waals surface area contributed by atoms with Crippen LogP contribution < -0.4 is 5.73 Å². The smallest absolute Gasteiger partial charge is 0.339 e. The Hall–Kier alpha value is -3.88. The van der Waals surface area contributed by atoms with Crippen molar-refractivity contribution in [2.45, 2.75) is 249 Å². The van der Waals surface area contributed by atoms with Gasteiger partial charge in [-0.05, 0) is 283 Å². The SMILES string of the molecule is C[C@H]1C/C=C/C2=C\[C@H]3C[C@@H]4[C@H]5C6=C3[C@]37C(=O)O/C(=C(\O)[C@H]8CC[C@H]9[C@@H]%10C[C@H](CN9[C@H]8[C@H]8CC9(CCCC9)[C@]9(CCCC9%11CCCC%11)C8)[C@H]8CCC(=C5N8C%10)C[C@@H]4C)[C@@]3(CC6)[C@]3(OC(=O)c4c(CCCN)cccc43)[C@H]7C[C@@H]2[C@H]2CCC[C@]3(CC[C@H]4[C@H](C=C[C@H]43)C1)C2. The second-order valence-corrected chi connectivity index (χ2v) is 36.8. The number of carbonyl (C=O) groups is 2. The molecule has 12 bridgehead atoms. The number of hydrogen-bond donors (Lipinski definition) is 2. The first kappa shape index (κ1) is 56.3. The lowest BCUT2D eigenvalue weighted by molar-refractivity contribution is -0.283. The van der Waals surface area contributed by atoms with Crippen LogP contribution in [-0.2, 0) is 26.3 Å². The molecule has 0 unspecified atom stereocenters. The third-order valence-electron chi connectivity index (χ3n) is 34.4. The van der Waals surface area contributed by atoms with Crippen LogP contribution in [0.4, 0.5) is 0 Å². The zero-order valence-electron chi connectivity index (χ0n) is 55.5. The number of ether oxygens (including phenoxy) is 2. The minimum absolute atomic E-state index is 0.0445. The molecule has 0 aromatic heterocycles. The summed E-state index contributed by atoms with van der Waals surface area (Å²) in [6.07, 6.45) is 53.6. The fraction of sp³-hybridized carbons (Fsp3) is 0.759. The van der Waals surface area contributed by atoms with Crippen LogP contribution in [0.25, 0.3) is 0 Å². The highest BCUT2D eigenvalue weighted by Gasteiger charge is 2.94. The Balaban J connectivity index is 0.830. The summed E-state index contributed by atoms with van der Waals surface area (Å²) in [4.78, 5) is 40.0. The highest BCUT2D eigenvalue weighted by atomic mass is 16.6. The summed E-state index contributed by atoms with van der Waals surface area (Å²) in [5, 5.41) is 14.9. The zero-order valence-corrected chi connectivity index (χ0v) is 55.5. The van der Waals surface area contributed by atoms with E-state index in [9.17, 15) is 5.11 Å². The molecule has 7 aliphatic heterocycles. The van der Waals surface area contributed by atoms with Crippen LogP contribution in [0.2, 0.25) is 0 Å². The van der Waals surface area contributed by atoms with Gasteiger partial charge in [0, 0.05) is 66.1 Å². The maximum absolute atomic E-state index is 17.6. The minimum Gasteiger partial charge on any atom is -0.508 e. The molecule has 4 saturated heterocycles. The van der Waals surface area contributed by atoms with E-state index in [1.54, 1.807) is 16.8 Å². The van der Waals surface area contributed by atoms with Crippen molar-refractivity contribution in [3.63, 3.8) is 0 Å². The number of fused-ring (bicyclic) bond motifs is 13. The number of rotatable bonds is 4. The van der Waals surface area contributed by atoms with Gasteiger partial charge < -0.3 is 25.2 Å². The van der Waals surface area contributed by atoms with Crippen molar-refractivity contribution in [3.05, 3.63) is 105 Å². The van der Waals surface area contributed by atoms with Crippen LogP contribution in [0.1, 0.15) is 241 Å². The van der Waals surface area contributed by atoms with Crippen LogP contribution in [0.5, 0.6) is 0 Å². The molecule has 21 rings (SSSR count). The van der Waals surface area contributed by atoms with E-state index in [4.69, 9.17) is 15.2 Å². The molecule has 3 N–H and O–H groups in total. The van der Waals surface area contributed by atoms with Gasteiger partial charge in [-0.25, -0.2) is 4.79 Å². The molecule has 11 fully saturated rings. The standard InChI is InChI=1S/C83H107N3O5/c1-47-12-7-14-50-38-54-40-61-48(2)37-52-19-22-65-55-39-56-46-86(65)72(52)69(61)59-25-34-81-74(73(87)60-20-23-66(56)85(45-55)71(60)57-43-79(29-5-6-30-79)80(44-57)32-11-31-78(80)27-3-4-28-78)90-76(89)82(81,70(54)59)67(83(81)64-17-8-13-49(16-10-35-84)68(64)75(88)91-83)41-62(50)53-15-9-26-77(42-53)33-24-58-51(36-47)18-21-63(58)77/h7-8,13-14,17-18,21,38,47-48,51,53-58,60-63,65-67,69,71,87H,3-6,9-12,15-16,19-20,22-37,39-46,84H2,1-2H3/b14-7+,50-38+,74-73-/t47-,48-,51+,53-,54-,55+,56+,57-,58-,60-,61-,62-,63+,65+,66-,67-,69+,71-,77-,80+,81+,82+,83+/m0/s1. The van der Waals surface area contributed by atoms with Crippen molar-refractivity contribution in [1.29, 1.82) is 0 Å². The third kappa shape index (κ3) is 6.68. The van der Waals surface area contributed by atoms with Gasteiger partial charge in [-0.1, -0.05) is 112 Å². The Morgan fingerprint density at radius 3 is 2.46 bits per heavy atom. The second kappa shape index (κ2) is 19.2. The first-order chi connectivity index (χ1) is 44.4. The molecule has 8 nitrogen and oxygen atoms in total. The predicted molar refractivity (Wildman–Crippen MR) is 353 cm³/mol. The Kier molecular flexibility index (Phi) is 11.9. The van der Waals surface area contributed by atoms with Crippen molar-refractivity contribution < 1.29 is 24.2 Å². The van der Waals surface area contributed by atoms with Crippen LogP contribution in [-0.4, -0.2) is 64.6 Å². The fourth-order valence-electron chi connectivity index (χ4n) is 32.1. The summed E-state index contributed by atoms with van der Waals surface area (Å²) >= 11 is 0. The Morgan fingerprint density at radius 2 is 1.59 bits per heavy atom. The van der Waals surface area contributed by atoms with Crippen LogP contribution >= 0.6 is 0 Å². The summed E-state index contributed by atoms with van der Waals surface area (Å²) in [6.45, 7) is 8.02. The van der Waals surface area contributed by atoms with E-state index in [0.717, 1.165) is 74.1 Å². The topological polar surface area (TPSA) is 105 Å². The van der Waals surface area contributed by atoms with E-state index in [0.29, 0.717) is 118 Å². The Bertz CT molecular complexity index is 3530. The van der Waals surface area contributed by atoms with Gasteiger partial charge in [-0.2, -0.15) is 0 Å². The number of esters is 2. The van der Waals surface area contributed by atoms with E-state index >= 15 is 9.59 Å². The molecule has 484 valence electrons. The predicted octanol–water partition coefficient (Wildman–Crippen LogP) is 17.1. The number of piperidine rings is 3. The Labute approximate surface area is 543 Å². The number of carbonyl (C=O) groups excluding carboxylic acids is 2. The molecule has 0 amide bonds. The number of nitrogens with two attached hydrogens (primary N) is 1. The molecular weight excluding hydrogens is 1120 g/mol. The molecule has 91 heavy (non-hydrogen) atoms. The monoisotopic (exact) mass is 1230 g/mol. The molecule has 7 spiro atoms. The van der Waals surface area contributed by atoms with E-state index in [1.165, 1.54) is 172 Å². The molecule has 23 atom stereocenters. The van der Waals surface area contributed by atoms with Crippen LogP contribution in [0.3, 0.4) is 0 Å². The summed E-state index contributed by atoms with van der Waals surface area (Å²) in [7, 11) is 0. The molecular formula is C83H107N3O5. The van der Waals surface area contributed by atoms with Gasteiger partial charge in [0.25, 0.3) is 0 Å². The van der Waals surface area contributed by atoms with Gasteiger partial charge in [0.2, 0.25) is 0 Å². The molecule has 20 aliphatic rings. The van der Waals surface area contributed by atoms with Crippen LogP contribution in [0.15, 0.2) is 88.1 Å². The summed E-state index contributed by atoms with van der Waals surface area (Å²) in [5.41, 5.74) is 15.2. The lowest BCUT2D eigenvalue weighted by Crippen LogP contribution is -2.78. The second-order valence-electron chi connectivity index (χ2n) is 36.8. The summed E-state index contributed by atoms with van der Waals surface area (Å²) in [6, 6.07) is 7.90. The number of aliphatic hydroxyl groups excluding tert-OH is 1. The maximum atomic E-state index is 17.6. The largest absolute Gasteiger partial charge is 0.508 e. The molecule has 0 radical (unpaired) electrons. The van der Waals surface area contributed by atoms with Crippen LogP contribution in [0, 0.1) is 121 Å². The Morgan fingerprint density at radius 1 is 0.747 bits per heavy atom. The van der Waals surface area contributed by atoms with Crippen molar-refractivity contribution in [2.75, 3.05) is 19.6 Å². The first-order valence-electron chi connectivity index (χ1n) is 39.2. The lowest BCUT2D eigenvalue weighted by atomic mass is 9.27. The van der Waals surface area contributed by atoms with Crippen molar-refractivity contribution in [1.82, 2.24) is 9.80 Å². The average Bonchev–Trinajstić information content (AvgIpc) is 1.52. The fourth-order valence-corrected chi connectivity index (χ4v) is 32.1. The third-order valence-corrected chi connectivity index (χ3v) is 34.4. The molecule has 7 saturated carbocycles. The highest BCUT2D eigenvalue weighted by Crippen LogP contribution is 2.89. The van der Waals surface area contributed by atoms with Crippen molar-refractivity contribution in [2.24, 2.45) is 127 Å². The number of aliphatic hydroxyl groups is 1. The van der Waals surface area contributed by atoms with Gasteiger partial charge >= 0.3 is 11.9 Å². The molecule has 13 aliphatic carbocycles. The summed E-state index contributed by atoms with van der Waals surface area (Å²) < 4.78 is 15.6. The summed E-state index contributed by atoms with van der Waals surface area (Å²) in [5.74, 6) is 6.50. The van der Waals surface area contributed by atoms with Gasteiger partial charge in [0.05, 0.1) is 11.0 Å². The quantitative estimate of drug-likeness (QED) is 0.227. The number of nitrogens with zero attached hydrogens (tertiary/aromatic N) is 2. The molecule has 1 aromatic rings. The number of aryl methyl sites for hydroxylation is 1. The van der Waals surface area contributed by atoms with Gasteiger partial charge in [0.15, 0.2) is 11.4 Å². The van der Waals surface area contributed by atoms with E-state index in [2.05, 4.69) is 72.2 Å². The van der Waals surface area contributed by atoms with Gasteiger partial charge in [0.1, 0.15) is 11.2 Å². The first-order valence-corrected chi connectivity index (χ1v) is 39.2. The molecule has 8 heteroatoms. The maximum Gasteiger partial charge on any atom is 0.339 e. The van der Waals surface area contributed by atoms with Gasteiger partial charge in [-0.15, -0.1) is 0 Å². The molecule has 7 heterocycles. The van der Waals surface area contributed by atoms with E-state index < -0.39 is 16.4 Å². The lowest BCUT2D eigenvalue weighted by Gasteiger charge is -2.73. The van der Waals surface area contributed by atoms with E-state index in [-0.39, 0.29) is 47.6 Å². The van der Waals surface area contributed by atoms with Crippen molar-refractivity contribution >= 4 is 11.9 Å². The number of benzene rings is 1. The van der Waals surface area contributed by atoms with E-state index in [1.807, 2.05) is 0 Å². The van der Waals surface area contributed by atoms with Crippen molar-refractivity contribution in [3.8, 4) is 0 Å². The zero-order chi connectivity index (χ0) is 60.5. The van der Waals surface area contributed by atoms with Gasteiger partial charge in [-0.3, -0.25) is 9.69 Å². The molecule has 1 aromatic carbocycles. The highest BCUT2D eigenvalue weighted by molar-refractivity contribution is 6.00. The number of hydrogen-bond acceptors (Lipinski definition) is 8. The average molecular weight is 1230 g/mol.